The van der Waals surface area contributed by atoms with Crippen molar-refractivity contribution in [2.45, 2.75) is 26.3 Å². The molecule has 0 fully saturated rings. The first-order valence-corrected chi connectivity index (χ1v) is 5.44. The zero-order valence-electron chi connectivity index (χ0n) is 9.84. The van der Waals surface area contributed by atoms with Crippen LogP contribution < -0.4 is 5.32 Å². The molecule has 1 heterocycles. The summed E-state index contributed by atoms with van der Waals surface area (Å²) in [6.45, 7) is 3.82. The molecule has 5 nitrogen and oxygen atoms in total. The number of nitriles is 1. The number of aromatic nitrogens is 1. The molecule has 2 N–H and O–H groups in total. The lowest BCUT2D eigenvalue weighted by molar-refractivity contribution is -0.139. The Morgan fingerprint density at radius 2 is 2.35 bits per heavy atom. The number of carboxylic acids is 1. The minimum absolute atomic E-state index is 0.0168. The van der Waals surface area contributed by atoms with Gasteiger partial charge in [-0.25, -0.2) is 9.78 Å². The van der Waals surface area contributed by atoms with E-state index in [9.17, 15) is 4.79 Å². The third kappa shape index (κ3) is 3.45. The van der Waals surface area contributed by atoms with E-state index in [1.54, 1.807) is 12.1 Å². The lowest BCUT2D eigenvalue weighted by Gasteiger charge is -2.20. The van der Waals surface area contributed by atoms with Crippen molar-refractivity contribution < 1.29 is 9.90 Å². The van der Waals surface area contributed by atoms with Crippen LogP contribution in [-0.4, -0.2) is 22.1 Å². The summed E-state index contributed by atoms with van der Waals surface area (Å²) >= 11 is 0. The molecule has 2 atom stereocenters. The van der Waals surface area contributed by atoms with E-state index in [-0.39, 0.29) is 5.92 Å². The number of carboxylic acid groups (broad SMARTS) is 1. The molecule has 17 heavy (non-hydrogen) atoms. The van der Waals surface area contributed by atoms with E-state index in [0.717, 1.165) is 6.42 Å². The third-order valence-electron chi connectivity index (χ3n) is 2.68. The average molecular weight is 233 g/mol. The first kappa shape index (κ1) is 13.0. The summed E-state index contributed by atoms with van der Waals surface area (Å²) in [7, 11) is 0. The molecule has 0 spiro atoms. The van der Waals surface area contributed by atoms with Gasteiger partial charge in [-0.05, 0) is 18.1 Å². The second-order valence-electron chi connectivity index (χ2n) is 3.89. The second kappa shape index (κ2) is 5.85. The van der Waals surface area contributed by atoms with E-state index < -0.39 is 12.0 Å². The Labute approximate surface area is 100 Å². The predicted octanol–water partition coefficient (Wildman–Crippen LogP) is 1.86. The van der Waals surface area contributed by atoms with E-state index in [1.165, 1.54) is 6.20 Å². The van der Waals surface area contributed by atoms with Gasteiger partial charge in [0.15, 0.2) is 0 Å². The number of nitrogens with zero attached hydrogens (tertiary/aromatic N) is 2. The van der Waals surface area contributed by atoms with Crippen LogP contribution in [0.25, 0.3) is 0 Å². The Kier molecular flexibility index (Phi) is 4.46. The first-order chi connectivity index (χ1) is 8.08. The van der Waals surface area contributed by atoms with Crippen LogP contribution in [0.1, 0.15) is 26.0 Å². The van der Waals surface area contributed by atoms with Crippen LogP contribution in [0.3, 0.4) is 0 Å². The van der Waals surface area contributed by atoms with Gasteiger partial charge in [0.1, 0.15) is 17.8 Å². The van der Waals surface area contributed by atoms with Crippen LogP contribution in [0.5, 0.6) is 0 Å². The van der Waals surface area contributed by atoms with Crippen molar-refractivity contribution in [3.8, 4) is 6.07 Å². The molecule has 0 aliphatic carbocycles. The van der Waals surface area contributed by atoms with Gasteiger partial charge in [-0.1, -0.05) is 20.3 Å². The van der Waals surface area contributed by atoms with Crippen LogP contribution in [0.2, 0.25) is 0 Å². The van der Waals surface area contributed by atoms with Crippen molar-refractivity contribution in [3.05, 3.63) is 24.0 Å². The van der Waals surface area contributed by atoms with Gasteiger partial charge in [0.25, 0.3) is 0 Å². The van der Waals surface area contributed by atoms with E-state index >= 15 is 0 Å². The van der Waals surface area contributed by atoms with Crippen molar-refractivity contribution in [1.82, 2.24) is 4.98 Å². The molecule has 1 rings (SSSR count). The van der Waals surface area contributed by atoms with Crippen molar-refractivity contribution in [2.24, 2.45) is 5.92 Å². The predicted molar refractivity (Wildman–Crippen MR) is 63.5 cm³/mol. The molecule has 0 bridgehead atoms. The highest BCUT2D eigenvalue weighted by Gasteiger charge is 2.23. The lowest BCUT2D eigenvalue weighted by atomic mass is 9.99. The van der Waals surface area contributed by atoms with E-state index in [4.69, 9.17) is 10.4 Å². The minimum atomic E-state index is -0.885. The zero-order valence-corrected chi connectivity index (χ0v) is 9.84. The molecule has 90 valence electrons. The molecule has 1 aromatic heterocycles. The Bertz CT molecular complexity index is 422. The molecule has 1 aromatic rings. The Morgan fingerprint density at radius 1 is 1.65 bits per heavy atom. The molecular weight excluding hydrogens is 218 g/mol. The number of hydrogen-bond acceptors (Lipinski definition) is 4. The van der Waals surface area contributed by atoms with Gasteiger partial charge in [0.05, 0.1) is 11.9 Å². The normalized spacial score (nSPS) is 13.5. The van der Waals surface area contributed by atoms with Crippen LogP contribution in [-0.2, 0) is 4.79 Å². The average Bonchev–Trinajstić information content (AvgIpc) is 2.35. The monoisotopic (exact) mass is 233 g/mol. The summed E-state index contributed by atoms with van der Waals surface area (Å²) < 4.78 is 0. The highest BCUT2D eigenvalue weighted by atomic mass is 16.4. The van der Waals surface area contributed by atoms with Crippen molar-refractivity contribution in [2.75, 3.05) is 5.32 Å². The second-order valence-corrected chi connectivity index (χ2v) is 3.89. The van der Waals surface area contributed by atoms with Gasteiger partial charge in [-0.15, -0.1) is 0 Å². The number of aliphatic carboxylic acids is 1. The summed E-state index contributed by atoms with van der Waals surface area (Å²) in [6, 6.07) is 4.48. The summed E-state index contributed by atoms with van der Waals surface area (Å²) in [4.78, 5) is 15.0. The van der Waals surface area contributed by atoms with Gasteiger partial charge >= 0.3 is 5.97 Å². The molecule has 0 unspecified atom stereocenters. The number of carbonyl (C=O) groups is 1. The molecule has 0 aliphatic heterocycles. The molecule has 0 aliphatic rings. The van der Waals surface area contributed by atoms with Gasteiger partial charge < -0.3 is 10.4 Å². The summed E-state index contributed by atoms with van der Waals surface area (Å²) in [6.07, 6.45) is 2.24. The Balaban J connectivity index is 2.79. The number of anilines is 1. The summed E-state index contributed by atoms with van der Waals surface area (Å²) in [5.41, 5.74) is 0.919. The van der Waals surface area contributed by atoms with Gasteiger partial charge in [0, 0.05) is 0 Å². The van der Waals surface area contributed by atoms with Crippen LogP contribution >= 0.6 is 0 Å². The molecule has 0 aromatic carbocycles. The number of hydrogen-bond donors (Lipinski definition) is 2. The van der Waals surface area contributed by atoms with Gasteiger partial charge in [0.2, 0.25) is 0 Å². The number of rotatable bonds is 5. The fourth-order valence-electron chi connectivity index (χ4n) is 1.41. The Morgan fingerprint density at radius 3 is 2.76 bits per heavy atom. The maximum Gasteiger partial charge on any atom is 0.326 e. The summed E-state index contributed by atoms with van der Waals surface area (Å²) in [5.74, 6) is -0.869. The topological polar surface area (TPSA) is 86.0 Å². The fourth-order valence-corrected chi connectivity index (χ4v) is 1.41. The van der Waals surface area contributed by atoms with Crippen molar-refractivity contribution >= 4 is 11.7 Å². The zero-order chi connectivity index (χ0) is 12.8. The maximum atomic E-state index is 11.1. The Hall–Kier alpha value is -2.09. The molecule has 5 heteroatoms. The molecule has 0 saturated carbocycles. The van der Waals surface area contributed by atoms with Gasteiger partial charge in [-0.2, -0.15) is 5.26 Å². The van der Waals surface area contributed by atoms with Gasteiger partial charge in [-0.3, -0.25) is 0 Å². The van der Waals surface area contributed by atoms with Crippen LogP contribution in [0.15, 0.2) is 18.3 Å². The molecule has 0 amide bonds. The van der Waals surface area contributed by atoms with E-state index in [1.807, 2.05) is 19.9 Å². The molecular formula is C12H15N3O2. The minimum Gasteiger partial charge on any atom is -0.480 e. The van der Waals surface area contributed by atoms with E-state index in [0.29, 0.717) is 11.4 Å². The van der Waals surface area contributed by atoms with Crippen molar-refractivity contribution in [3.63, 3.8) is 0 Å². The SMILES string of the molecule is CC[C@H](C)[C@H](Nc1ccc(C#N)nc1)C(=O)O. The highest BCUT2D eigenvalue weighted by molar-refractivity contribution is 5.77. The number of pyridine rings is 1. The standard InChI is InChI=1S/C12H15N3O2/c1-3-8(2)11(12(16)17)15-10-5-4-9(6-13)14-7-10/h4-5,7-8,11,15H,3H2,1-2H3,(H,16,17)/t8-,11-/m0/s1. The van der Waals surface area contributed by atoms with Crippen molar-refractivity contribution in [1.29, 1.82) is 5.26 Å². The largest absolute Gasteiger partial charge is 0.480 e. The van der Waals surface area contributed by atoms with Crippen LogP contribution in [0, 0.1) is 17.2 Å². The molecule has 0 radical (unpaired) electrons. The highest BCUT2D eigenvalue weighted by Crippen LogP contribution is 2.15. The molecule has 0 saturated heterocycles. The quantitative estimate of drug-likeness (QED) is 0.810. The smallest absolute Gasteiger partial charge is 0.326 e. The van der Waals surface area contributed by atoms with Crippen LogP contribution in [0.4, 0.5) is 5.69 Å². The lowest BCUT2D eigenvalue weighted by Crippen LogP contribution is -2.35. The summed E-state index contributed by atoms with van der Waals surface area (Å²) in [5, 5.41) is 20.6. The third-order valence-corrected chi connectivity index (χ3v) is 2.68. The fraction of sp³-hybridized carbons (Fsp3) is 0.417. The maximum absolute atomic E-state index is 11.1. The first-order valence-electron chi connectivity index (χ1n) is 5.44. The number of nitrogens with one attached hydrogen (secondary N) is 1. The van der Waals surface area contributed by atoms with E-state index in [2.05, 4.69) is 10.3 Å².